The van der Waals surface area contributed by atoms with E-state index in [0.717, 1.165) is 11.3 Å². The second-order valence-electron chi connectivity index (χ2n) is 6.05. The largest absolute Gasteiger partial charge is 0.491 e. The molecule has 0 saturated carbocycles. The third-order valence-electron chi connectivity index (χ3n) is 4.29. The molecule has 26 heavy (non-hydrogen) atoms. The number of nitrogens with one attached hydrogen (secondary N) is 1. The number of nitrogens with zero attached hydrogens (tertiary/aromatic N) is 2. The maximum Gasteiger partial charge on any atom is 0.251 e. The lowest BCUT2D eigenvalue weighted by atomic mass is 10.1. The standard InChI is InChI=1S/C20H19N3O3/c1-23-17-12-14(5-6-18(17)26-10-8-19(23)24)7-9-22-20(25)16-4-2-3-15(11-16)13-21/h2-6,11-12H,7-10H2,1H3,(H,22,25). The molecular weight excluding hydrogens is 330 g/mol. The van der Waals surface area contributed by atoms with E-state index in [1.54, 1.807) is 36.2 Å². The second kappa shape index (κ2) is 7.70. The van der Waals surface area contributed by atoms with Crippen molar-refractivity contribution in [1.29, 1.82) is 5.26 Å². The zero-order chi connectivity index (χ0) is 18.5. The molecule has 0 spiro atoms. The molecule has 0 fully saturated rings. The number of hydrogen-bond acceptors (Lipinski definition) is 4. The van der Waals surface area contributed by atoms with Crippen molar-refractivity contribution >= 4 is 17.5 Å². The van der Waals surface area contributed by atoms with Gasteiger partial charge in [-0.2, -0.15) is 5.26 Å². The van der Waals surface area contributed by atoms with Gasteiger partial charge in [-0.25, -0.2) is 0 Å². The molecule has 6 nitrogen and oxygen atoms in total. The van der Waals surface area contributed by atoms with E-state index in [2.05, 4.69) is 5.32 Å². The van der Waals surface area contributed by atoms with E-state index >= 15 is 0 Å². The monoisotopic (exact) mass is 349 g/mol. The minimum absolute atomic E-state index is 0.0200. The number of benzene rings is 2. The predicted octanol–water partition coefficient (Wildman–Crippen LogP) is 2.28. The summed E-state index contributed by atoms with van der Waals surface area (Å²) >= 11 is 0. The van der Waals surface area contributed by atoms with E-state index in [4.69, 9.17) is 10.00 Å². The van der Waals surface area contributed by atoms with E-state index in [1.807, 2.05) is 24.3 Å². The molecule has 1 aliphatic rings. The molecule has 0 aromatic heterocycles. The van der Waals surface area contributed by atoms with Crippen molar-refractivity contribution in [3.05, 3.63) is 59.2 Å². The highest BCUT2D eigenvalue weighted by atomic mass is 16.5. The SMILES string of the molecule is CN1C(=O)CCOc2ccc(CCNC(=O)c3cccc(C#N)c3)cc21. The molecule has 0 aliphatic carbocycles. The first-order valence-electron chi connectivity index (χ1n) is 8.39. The molecule has 6 heteroatoms. The normalized spacial score (nSPS) is 13.2. The molecule has 1 N–H and O–H groups in total. The van der Waals surface area contributed by atoms with E-state index in [-0.39, 0.29) is 11.8 Å². The molecule has 0 atom stereocenters. The summed E-state index contributed by atoms with van der Waals surface area (Å²) in [6.45, 7) is 0.834. The summed E-state index contributed by atoms with van der Waals surface area (Å²) in [6, 6.07) is 14.3. The molecule has 2 amide bonds. The van der Waals surface area contributed by atoms with Crippen LogP contribution in [0.5, 0.6) is 5.75 Å². The first kappa shape index (κ1) is 17.5. The number of ether oxygens (including phenoxy) is 1. The van der Waals surface area contributed by atoms with Crippen molar-refractivity contribution in [3.63, 3.8) is 0 Å². The van der Waals surface area contributed by atoms with Crippen LogP contribution in [0.15, 0.2) is 42.5 Å². The third-order valence-corrected chi connectivity index (χ3v) is 4.29. The Morgan fingerprint density at radius 1 is 1.31 bits per heavy atom. The van der Waals surface area contributed by atoms with Gasteiger partial charge in [0.2, 0.25) is 5.91 Å². The van der Waals surface area contributed by atoms with Crippen LogP contribution in [-0.2, 0) is 11.2 Å². The van der Waals surface area contributed by atoms with Crippen LogP contribution in [-0.4, -0.2) is 32.0 Å². The molecule has 0 unspecified atom stereocenters. The third kappa shape index (κ3) is 3.83. The molecule has 132 valence electrons. The van der Waals surface area contributed by atoms with Crippen LogP contribution in [0.4, 0.5) is 5.69 Å². The molecule has 0 radical (unpaired) electrons. The topological polar surface area (TPSA) is 82.4 Å². The van der Waals surface area contributed by atoms with Crippen molar-refractivity contribution < 1.29 is 14.3 Å². The minimum Gasteiger partial charge on any atom is -0.491 e. The van der Waals surface area contributed by atoms with Gasteiger partial charge in [-0.05, 0) is 42.3 Å². The van der Waals surface area contributed by atoms with E-state index in [0.29, 0.717) is 42.9 Å². The zero-order valence-corrected chi connectivity index (χ0v) is 14.5. The average molecular weight is 349 g/mol. The van der Waals surface area contributed by atoms with Crippen LogP contribution < -0.4 is 15.0 Å². The van der Waals surface area contributed by atoms with Gasteiger partial charge in [0.05, 0.1) is 30.3 Å². The highest BCUT2D eigenvalue weighted by molar-refractivity contribution is 5.95. The Balaban J connectivity index is 1.63. The van der Waals surface area contributed by atoms with Crippen LogP contribution in [0.1, 0.15) is 27.9 Å². The summed E-state index contributed by atoms with van der Waals surface area (Å²) in [5.74, 6) is 0.499. The van der Waals surface area contributed by atoms with Gasteiger partial charge in [-0.15, -0.1) is 0 Å². The lowest BCUT2D eigenvalue weighted by Gasteiger charge is -2.17. The van der Waals surface area contributed by atoms with Crippen molar-refractivity contribution in [3.8, 4) is 11.8 Å². The number of fused-ring (bicyclic) bond motifs is 1. The molecule has 2 aromatic rings. The second-order valence-corrected chi connectivity index (χ2v) is 6.05. The van der Waals surface area contributed by atoms with Crippen molar-refractivity contribution in [2.24, 2.45) is 0 Å². The lowest BCUT2D eigenvalue weighted by Crippen LogP contribution is -2.26. The summed E-state index contributed by atoms with van der Waals surface area (Å²) in [4.78, 5) is 25.8. The molecule has 1 heterocycles. The highest BCUT2D eigenvalue weighted by Crippen LogP contribution is 2.31. The van der Waals surface area contributed by atoms with Gasteiger partial charge in [-0.3, -0.25) is 9.59 Å². The summed E-state index contributed by atoms with van der Waals surface area (Å²) in [7, 11) is 1.74. The summed E-state index contributed by atoms with van der Waals surface area (Å²) in [5.41, 5.74) is 2.67. The quantitative estimate of drug-likeness (QED) is 0.918. The van der Waals surface area contributed by atoms with E-state index < -0.39 is 0 Å². The molecule has 2 aromatic carbocycles. The number of amides is 2. The minimum atomic E-state index is -0.215. The number of hydrogen-bond donors (Lipinski definition) is 1. The van der Waals surface area contributed by atoms with Crippen molar-refractivity contribution in [2.75, 3.05) is 25.1 Å². The van der Waals surface area contributed by atoms with Gasteiger partial charge in [0.15, 0.2) is 0 Å². The first-order chi connectivity index (χ1) is 12.6. The Morgan fingerprint density at radius 2 is 2.15 bits per heavy atom. The highest BCUT2D eigenvalue weighted by Gasteiger charge is 2.20. The molecule has 1 aliphatic heterocycles. The van der Waals surface area contributed by atoms with E-state index in [1.165, 1.54) is 0 Å². The van der Waals surface area contributed by atoms with Crippen molar-refractivity contribution in [1.82, 2.24) is 5.32 Å². The summed E-state index contributed by atoms with van der Waals surface area (Å²) in [5, 5.41) is 11.8. The van der Waals surface area contributed by atoms with Crippen LogP contribution >= 0.6 is 0 Å². The van der Waals surface area contributed by atoms with Crippen LogP contribution in [0, 0.1) is 11.3 Å². The Hall–Kier alpha value is -3.33. The van der Waals surface area contributed by atoms with Gasteiger partial charge >= 0.3 is 0 Å². The molecule has 0 saturated heterocycles. The zero-order valence-electron chi connectivity index (χ0n) is 14.5. The van der Waals surface area contributed by atoms with Gasteiger partial charge in [0.25, 0.3) is 5.91 Å². The van der Waals surface area contributed by atoms with Gasteiger partial charge in [0, 0.05) is 19.2 Å². The van der Waals surface area contributed by atoms with Crippen LogP contribution in [0.3, 0.4) is 0 Å². The smallest absolute Gasteiger partial charge is 0.251 e. The van der Waals surface area contributed by atoms with Gasteiger partial charge in [-0.1, -0.05) is 12.1 Å². The number of nitriles is 1. The fourth-order valence-electron chi connectivity index (χ4n) is 2.81. The molecule has 0 bridgehead atoms. The predicted molar refractivity (Wildman–Crippen MR) is 97.2 cm³/mol. The van der Waals surface area contributed by atoms with Crippen LogP contribution in [0.25, 0.3) is 0 Å². The number of rotatable bonds is 4. The summed E-state index contributed by atoms with van der Waals surface area (Å²) < 4.78 is 5.61. The Morgan fingerprint density at radius 3 is 2.96 bits per heavy atom. The Kier molecular flexibility index (Phi) is 5.18. The van der Waals surface area contributed by atoms with Gasteiger partial charge in [0.1, 0.15) is 5.75 Å². The van der Waals surface area contributed by atoms with Crippen molar-refractivity contribution in [2.45, 2.75) is 12.8 Å². The number of anilines is 1. The molecular formula is C20H19N3O3. The first-order valence-corrected chi connectivity index (χ1v) is 8.39. The number of carbonyl (C=O) groups excluding carboxylic acids is 2. The molecule has 3 rings (SSSR count). The average Bonchev–Trinajstić information content (AvgIpc) is 2.81. The summed E-state index contributed by atoms with van der Waals surface area (Å²) in [6.07, 6.45) is 0.983. The fourth-order valence-corrected chi connectivity index (χ4v) is 2.81. The maximum absolute atomic E-state index is 12.2. The number of carbonyl (C=O) groups is 2. The fraction of sp³-hybridized carbons (Fsp3) is 0.250. The Labute approximate surface area is 152 Å². The van der Waals surface area contributed by atoms with Crippen LogP contribution in [0.2, 0.25) is 0 Å². The lowest BCUT2D eigenvalue weighted by molar-refractivity contribution is -0.118. The Bertz CT molecular complexity index is 886. The van der Waals surface area contributed by atoms with Gasteiger partial charge < -0.3 is 15.0 Å². The van der Waals surface area contributed by atoms with E-state index in [9.17, 15) is 9.59 Å². The maximum atomic E-state index is 12.2.